The average Bonchev–Trinajstić information content (AvgIpc) is 3.04. The lowest BCUT2D eigenvalue weighted by atomic mass is 9.45. The van der Waals surface area contributed by atoms with Crippen LogP contribution in [-0.2, 0) is 0 Å². The molecule has 4 aliphatic rings. The minimum absolute atomic E-state index is 0.0537. The molecule has 8 nitrogen and oxygen atoms in total. The van der Waals surface area contributed by atoms with Crippen LogP contribution < -0.4 is 0 Å². The maximum Gasteiger partial charge on any atom is 0.0920 e. The summed E-state index contributed by atoms with van der Waals surface area (Å²) < 4.78 is 0. The summed E-state index contributed by atoms with van der Waals surface area (Å²) in [5, 5.41) is 79.3. The second kappa shape index (κ2) is 8.50. The van der Waals surface area contributed by atoms with E-state index in [1.54, 1.807) is 26.8 Å². The van der Waals surface area contributed by atoms with Crippen LogP contribution in [0.1, 0.15) is 86.0 Å². The van der Waals surface area contributed by atoms with Gasteiger partial charge in [-0.2, -0.15) is 0 Å². The number of rotatable bonds is 5. The van der Waals surface area contributed by atoms with Gasteiger partial charge in [-0.3, -0.25) is 0 Å². The molecule has 0 bridgehead atoms. The largest absolute Gasteiger partial charge is 0.411 e. The topological polar surface area (TPSA) is 154 Å². The molecule has 200 valence electrons. The molecule has 10 atom stereocenters. The van der Waals surface area contributed by atoms with E-state index in [2.05, 4.69) is 12.1 Å². The molecule has 0 spiro atoms. The first-order valence-corrected chi connectivity index (χ1v) is 13.2. The Morgan fingerprint density at radius 1 is 1.06 bits per heavy atom. The number of aliphatic hydroxyl groups excluding tert-OH is 3. The lowest BCUT2D eigenvalue weighted by Gasteiger charge is -2.61. The third-order valence-corrected chi connectivity index (χ3v) is 10.7. The fraction of sp³-hybridized carbons (Fsp3) is 0.889. The van der Waals surface area contributed by atoms with Crippen LogP contribution in [0.25, 0.3) is 0 Å². The van der Waals surface area contributed by atoms with Crippen molar-refractivity contribution in [1.29, 1.82) is 0 Å². The van der Waals surface area contributed by atoms with Gasteiger partial charge in [-0.1, -0.05) is 19.0 Å². The highest BCUT2D eigenvalue weighted by atomic mass is 16.4. The molecular formula is C27H45NO7. The third-order valence-electron chi connectivity index (χ3n) is 10.7. The summed E-state index contributed by atoms with van der Waals surface area (Å²) >= 11 is 0. The molecule has 3 saturated carbocycles. The second-order valence-corrected chi connectivity index (χ2v) is 13.3. The Bertz CT molecular complexity index is 894. The van der Waals surface area contributed by atoms with Crippen LogP contribution in [0.5, 0.6) is 0 Å². The highest BCUT2D eigenvalue weighted by molar-refractivity contribution is 5.99. The number of fused-ring (bicyclic) bond motifs is 5. The minimum atomic E-state index is -1.46. The summed E-state index contributed by atoms with van der Waals surface area (Å²) in [5.41, 5.74) is -3.66. The van der Waals surface area contributed by atoms with Gasteiger partial charge in [0, 0.05) is 11.3 Å². The third kappa shape index (κ3) is 3.99. The number of hydrogen-bond donors (Lipinski definition) is 7. The summed E-state index contributed by atoms with van der Waals surface area (Å²) in [5.74, 6) is -0.656. The summed E-state index contributed by atoms with van der Waals surface area (Å²) in [6, 6.07) is 0. The zero-order valence-corrected chi connectivity index (χ0v) is 21.8. The predicted molar refractivity (Wildman–Crippen MR) is 131 cm³/mol. The molecule has 35 heavy (non-hydrogen) atoms. The van der Waals surface area contributed by atoms with Crippen molar-refractivity contribution < 1.29 is 35.8 Å². The Hall–Kier alpha value is -1.03. The van der Waals surface area contributed by atoms with Crippen molar-refractivity contribution in [3.63, 3.8) is 0 Å². The molecule has 0 radical (unpaired) electrons. The molecule has 3 fully saturated rings. The van der Waals surface area contributed by atoms with Crippen LogP contribution in [0.2, 0.25) is 0 Å². The summed E-state index contributed by atoms with van der Waals surface area (Å²) in [6.45, 7) is 9.04. The number of aliphatic hydroxyl groups is 6. The molecule has 7 N–H and O–H groups in total. The fourth-order valence-corrected chi connectivity index (χ4v) is 8.44. The lowest BCUT2D eigenvalue weighted by molar-refractivity contribution is -0.172. The van der Waals surface area contributed by atoms with E-state index >= 15 is 0 Å². The van der Waals surface area contributed by atoms with Crippen LogP contribution in [0.3, 0.4) is 0 Å². The zero-order valence-electron chi connectivity index (χ0n) is 21.8. The number of allylic oxidation sites excluding steroid dienone is 1. The first kappa shape index (κ1) is 27.0. The molecule has 0 saturated heterocycles. The minimum Gasteiger partial charge on any atom is -0.411 e. The van der Waals surface area contributed by atoms with Gasteiger partial charge in [0.1, 0.15) is 0 Å². The van der Waals surface area contributed by atoms with E-state index in [0.717, 1.165) is 12.0 Å². The van der Waals surface area contributed by atoms with Gasteiger partial charge in [0.15, 0.2) is 0 Å². The van der Waals surface area contributed by atoms with E-state index in [1.165, 1.54) is 0 Å². The van der Waals surface area contributed by atoms with Gasteiger partial charge < -0.3 is 35.8 Å². The number of nitrogens with zero attached hydrogens (tertiary/aromatic N) is 1. The van der Waals surface area contributed by atoms with E-state index in [0.29, 0.717) is 44.2 Å². The highest BCUT2D eigenvalue weighted by Gasteiger charge is 2.68. The molecule has 8 heteroatoms. The molecule has 0 aromatic carbocycles. The summed E-state index contributed by atoms with van der Waals surface area (Å²) in [7, 11) is 0. The number of oxime groups is 1. The van der Waals surface area contributed by atoms with Crippen molar-refractivity contribution in [3.05, 3.63) is 11.6 Å². The van der Waals surface area contributed by atoms with Crippen LogP contribution in [0.15, 0.2) is 16.8 Å². The fourth-order valence-electron chi connectivity index (χ4n) is 8.44. The van der Waals surface area contributed by atoms with Gasteiger partial charge >= 0.3 is 0 Å². The Morgan fingerprint density at radius 2 is 1.71 bits per heavy atom. The molecule has 0 amide bonds. The van der Waals surface area contributed by atoms with Crippen molar-refractivity contribution >= 4 is 5.71 Å². The second-order valence-electron chi connectivity index (χ2n) is 13.3. The van der Waals surface area contributed by atoms with Crippen molar-refractivity contribution in [2.75, 3.05) is 0 Å². The van der Waals surface area contributed by atoms with Crippen molar-refractivity contribution in [3.8, 4) is 0 Å². The lowest BCUT2D eigenvalue weighted by Crippen LogP contribution is -2.62. The molecule has 0 unspecified atom stereocenters. The monoisotopic (exact) mass is 495 g/mol. The standard InChI is InChI=1S/C27H45NO7/c1-23(2,32)9-8-22(31)26(5,33)21-7-11-27(34)16-12-18(28-35)17-13-19(29)20(30)14-24(17,3)15(16)6-10-25(21,27)4/h12,15,17,19-22,29-35H,6-11,13-14H2,1-5H3/b28-18-/t15-,17+,19-,20+,21+,22+,24-,25-,26-,27-/m1/s1. The normalized spacial score (nSPS) is 47.3. The molecule has 0 aliphatic heterocycles. The molecule has 0 aromatic heterocycles. The van der Waals surface area contributed by atoms with Crippen molar-refractivity contribution in [2.45, 2.75) is 121 Å². The molecule has 4 rings (SSSR count). The van der Waals surface area contributed by atoms with Gasteiger partial charge in [0.25, 0.3) is 0 Å². The Kier molecular flexibility index (Phi) is 6.56. The SMILES string of the molecule is CC(C)(O)CC[C@H](O)[C@](C)(O)[C@H]1CC[C@@]2(O)C3=C/C(=N/O)[C@@H]4C[C@@H](O)[C@@H](O)C[C@]4(C)[C@@H]3CC[C@]12C. The summed E-state index contributed by atoms with van der Waals surface area (Å²) in [4.78, 5) is 0. The van der Waals surface area contributed by atoms with Gasteiger partial charge in [-0.05, 0) is 101 Å². The van der Waals surface area contributed by atoms with Crippen molar-refractivity contribution in [1.82, 2.24) is 0 Å². The first-order chi connectivity index (χ1) is 16.0. The van der Waals surface area contributed by atoms with E-state index < -0.39 is 45.9 Å². The highest BCUT2D eigenvalue weighted by Crippen LogP contribution is 2.68. The van der Waals surface area contributed by atoms with Crippen LogP contribution in [-0.4, -0.2) is 76.7 Å². The quantitative estimate of drug-likeness (QED) is 0.228. The van der Waals surface area contributed by atoms with E-state index in [9.17, 15) is 35.8 Å². The van der Waals surface area contributed by atoms with Crippen LogP contribution >= 0.6 is 0 Å². The Morgan fingerprint density at radius 3 is 2.31 bits per heavy atom. The van der Waals surface area contributed by atoms with Gasteiger partial charge in [0.05, 0.1) is 40.8 Å². The zero-order chi connectivity index (χ0) is 26.2. The first-order valence-electron chi connectivity index (χ1n) is 13.2. The van der Waals surface area contributed by atoms with Gasteiger partial charge in [-0.15, -0.1) is 0 Å². The van der Waals surface area contributed by atoms with Crippen molar-refractivity contribution in [2.24, 2.45) is 33.7 Å². The maximum atomic E-state index is 12.3. The maximum absolute atomic E-state index is 12.3. The molecule has 0 aromatic rings. The van der Waals surface area contributed by atoms with Gasteiger partial charge in [-0.25, -0.2) is 0 Å². The summed E-state index contributed by atoms with van der Waals surface area (Å²) in [6.07, 6.45) is 2.53. The van der Waals surface area contributed by atoms with Gasteiger partial charge in [0.2, 0.25) is 0 Å². The Balaban J connectivity index is 1.70. The molecule has 0 heterocycles. The van der Waals surface area contributed by atoms with Crippen LogP contribution in [0.4, 0.5) is 0 Å². The average molecular weight is 496 g/mol. The molecule has 4 aliphatic carbocycles. The van der Waals surface area contributed by atoms with E-state index in [-0.39, 0.29) is 24.2 Å². The Labute approximate surface area is 208 Å². The molecular weight excluding hydrogens is 450 g/mol. The van der Waals surface area contributed by atoms with Crippen LogP contribution in [0, 0.1) is 28.6 Å². The predicted octanol–water partition coefficient (Wildman–Crippen LogP) is 2.12. The smallest absolute Gasteiger partial charge is 0.0920 e. The van der Waals surface area contributed by atoms with E-state index in [4.69, 9.17) is 0 Å². The number of hydrogen-bond acceptors (Lipinski definition) is 8. The van der Waals surface area contributed by atoms with E-state index in [1.807, 2.05) is 6.92 Å².